The van der Waals surface area contributed by atoms with Crippen molar-refractivity contribution in [3.8, 4) is 0 Å². The number of carbonyl (C=O) groups is 1. The van der Waals surface area contributed by atoms with Gasteiger partial charge in [-0.3, -0.25) is 4.79 Å². The van der Waals surface area contributed by atoms with Gasteiger partial charge in [-0.1, -0.05) is 32.9 Å². The van der Waals surface area contributed by atoms with Crippen molar-refractivity contribution >= 4 is 11.7 Å². The van der Waals surface area contributed by atoms with Crippen molar-refractivity contribution in [3.63, 3.8) is 0 Å². The number of aliphatic hydroxyl groups excluding tert-OH is 3. The van der Waals surface area contributed by atoms with E-state index in [0.717, 1.165) is 0 Å². The summed E-state index contributed by atoms with van der Waals surface area (Å²) < 4.78 is 37.6. The lowest BCUT2D eigenvalue weighted by molar-refractivity contribution is -0.317. The Kier molecular flexibility index (Phi) is 17.6. The summed E-state index contributed by atoms with van der Waals surface area (Å²) >= 11 is 0. The van der Waals surface area contributed by atoms with Crippen molar-refractivity contribution in [3.05, 3.63) is 0 Å². The molecule has 7 N–H and O–H groups in total. The van der Waals surface area contributed by atoms with Crippen LogP contribution >= 0.6 is 0 Å². The van der Waals surface area contributed by atoms with Crippen LogP contribution in [0, 0.1) is 23.7 Å². The summed E-state index contributed by atoms with van der Waals surface area (Å²) in [6, 6.07) is -0.317. The van der Waals surface area contributed by atoms with E-state index in [1.807, 2.05) is 32.8 Å². The molecule has 0 aliphatic carbocycles. The molecule has 16 nitrogen and oxygen atoms in total. The number of methoxy groups -OCH3 is 1. The molecule has 0 saturated carbocycles. The predicted octanol–water partition coefficient (Wildman–Crippen LogP) is 1.94. The number of nitrogens with two attached hydrogens (primary N) is 1. The molecule has 56 heavy (non-hydrogen) atoms. The van der Waals surface area contributed by atoms with E-state index in [1.54, 1.807) is 48.5 Å². The standard InChI is InChI=1S/C40H75N3O13/c1-14-28-40(10,49)33(45)23(4)30(42-51-17-15-16-41)21(2)19-38(8,48)35(56-37-31(44)27(43(11)12)18-22(3)52-37)24(5)32(25(6)36(47)54-28)55-29-20-39(9,50-13)34(46)26(7)53-29/h21-29,31-35,37,44-46,48-49H,14-20,41H2,1-13H3/b42-30+/t21-,22-,23+,24+,25-,26+,27+,28-,29+,31-,32+,33-,34+,35-,37+,38-,39-,40-/m1/s1. The van der Waals surface area contributed by atoms with Gasteiger partial charge in [0.25, 0.3) is 0 Å². The molecule has 3 heterocycles. The van der Waals surface area contributed by atoms with Gasteiger partial charge in [-0.05, 0) is 87.9 Å². The number of hydrogen-bond donors (Lipinski definition) is 6. The van der Waals surface area contributed by atoms with Gasteiger partial charge in [0.2, 0.25) is 0 Å². The molecule has 0 radical (unpaired) electrons. The summed E-state index contributed by atoms with van der Waals surface area (Å²) in [6.45, 7) is 17.6. The molecule has 3 saturated heterocycles. The molecule has 0 aromatic heterocycles. The number of esters is 1. The van der Waals surface area contributed by atoms with E-state index in [0.29, 0.717) is 25.1 Å². The fourth-order valence-electron chi connectivity index (χ4n) is 8.86. The maximum absolute atomic E-state index is 14.3. The minimum Gasteiger partial charge on any atom is -0.459 e. The second-order valence-electron chi connectivity index (χ2n) is 17.6. The van der Waals surface area contributed by atoms with Crippen molar-refractivity contribution in [1.29, 1.82) is 0 Å². The van der Waals surface area contributed by atoms with E-state index in [9.17, 15) is 30.3 Å². The van der Waals surface area contributed by atoms with Crippen LogP contribution in [-0.4, -0.2) is 161 Å². The SMILES string of the molecule is CC[C@H]1OC(=O)[C@H](C)[C@@H](O[C@H]2C[C@@](C)(OC)[C@@H](O)[C@H](C)O2)[C@H](C)[C@@H](O[C@@H]2O[C@H](C)C[C@H](N(C)C)[C@H]2O)[C@](C)(O)C[C@@H](C)/C(=N\OCCCN)[C@H](C)[C@@H](O)[C@]1(C)O. The first-order valence-corrected chi connectivity index (χ1v) is 20.4. The Morgan fingerprint density at radius 3 is 2.16 bits per heavy atom. The van der Waals surface area contributed by atoms with Gasteiger partial charge in [0.05, 0.1) is 53.4 Å². The van der Waals surface area contributed by atoms with E-state index in [4.69, 9.17) is 39.0 Å². The molecule has 0 spiro atoms. The van der Waals surface area contributed by atoms with Gasteiger partial charge >= 0.3 is 5.97 Å². The van der Waals surface area contributed by atoms with Crippen LogP contribution in [-0.2, 0) is 38.1 Å². The molecule has 0 unspecified atom stereocenters. The van der Waals surface area contributed by atoms with Crippen molar-refractivity contribution in [2.24, 2.45) is 34.6 Å². The number of likely N-dealkylation sites (N-methyl/N-ethyl adjacent to an activating group) is 1. The summed E-state index contributed by atoms with van der Waals surface area (Å²) in [5.74, 6) is -4.00. The first kappa shape index (κ1) is 48.8. The highest BCUT2D eigenvalue weighted by molar-refractivity contribution is 5.88. The summed E-state index contributed by atoms with van der Waals surface area (Å²) in [7, 11) is 5.23. The Bertz CT molecular complexity index is 1270. The van der Waals surface area contributed by atoms with Crippen LogP contribution in [0.5, 0.6) is 0 Å². The molecule has 3 aliphatic heterocycles. The van der Waals surface area contributed by atoms with Crippen LogP contribution in [0.2, 0.25) is 0 Å². The van der Waals surface area contributed by atoms with E-state index >= 15 is 0 Å². The summed E-state index contributed by atoms with van der Waals surface area (Å²) in [5.41, 5.74) is 1.32. The maximum Gasteiger partial charge on any atom is 0.311 e. The van der Waals surface area contributed by atoms with Crippen LogP contribution < -0.4 is 5.73 Å². The fourth-order valence-corrected chi connectivity index (χ4v) is 8.86. The van der Waals surface area contributed by atoms with Crippen molar-refractivity contribution in [2.45, 2.75) is 186 Å². The van der Waals surface area contributed by atoms with Gasteiger partial charge in [0.1, 0.15) is 30.5 Å². The van der Waals surface area contributed by atoms with E-state index < -0.39 is 102 Å². The largest absolute Gasteiger partial charge is 0.459 e. The van der Waals surface area contributed by atoms with Gasteiger partial charge in [0.15, 0.2) is 12.6 Å². The number of cyclic esters (lactones) is 1. The summed E-state index contributed by atoms with van der Waals surface area (Å²) in [6.07, 6.45) is -8.73. The highest BCUT2D eigenvalue weighted by atomic mass is 16.7. The van der Waals surface area contributed by atoms with Crippen molar-refractivity contribution < 1.29 is 63.6 Å². The van der Waals surface area contributed by atoms with Gasteiger partial charge in [-0.2, -0.15) is 0 Å². The smallest absolute Gasteiger partial charge is 0.311 e. The number of carbonyl (C=O) groups excluding carboxylic acids is 1. The summed E-state index contributed by atoms with van der Waals surface area (Å²) in [5, 5.41) is 63.4. The van der Waals surface area contributed by atoms with Crippen LogP contribution in [0.15, 0.2) is 5.16 Å². The number of ether oxygens (including phenoxy) is 6. The molecule has 0 bridgehead atoms. The molecular formula is C40H75N3O13. The Morgan fingerprint density at radius 1 is 0.946 bits per heavy atom. The third-order valence-electron chi connectivity index (χ3n) is 12.5. The number of hydrogen-bond acceptors (Lipinski definition) is 16. The molecule has 16 heteroatoms. The third kappa shape index (κ3) is 11.2. The topological polar surface area (TPSA) is 224 Å². The second kappa shape index (κ2) is 20.1. The monoisotopic (exact) mass is 806 g/mol. The molecular weight excluding hydrogens is 730 g/mol. The zero-order valence-corrected chi connectivity index (χ0v) is 36.1. The molecule has 18 atom stereocenters. The number of rotatable bonds is 11. The quantitative estimate of drug-likeness (QED) is 0.0998. The molecule has 0 aromatic rings. The lowest BCUT2D eigenvalue weighted by atomic mass is 9.73. The zero-order valence-electron chi connectivity index (χ0n) is 36.1. The molecule has 3 aliphatic rings. The number of oxime groups is 1. The molecule has 0 aromatic carbocycles. The minimum absolute atomic E-state index is 0.00340. The molecule has 0 amide bonds. The lowest BCUT2D eigenvalue weighted by Crippen LogP contribution is -2.61. The number of nitrogens with zero attached hydrogens (tertiary/aromatic N) is 2. The minimum atomic E-state index is -1.94. The normalized spacial score (nSPS) is 47.0. The average Bonchev–Trinajstić information content (AvgIpc) is 3.12. The zero-order chi connectivity index (χ0) is 42.5. The van der Waals surface area contributed by atoms with Crippen molar-refractivity contribution in [1.82, 2.24) is 4.90 Å². The van der Waals surface area contributed by atoms with Crippen LogP contribution in [0.25, 0.3) is 0 Å². The Labute approximate surface area is 334 Å². The van der Waals surface area contributed by atoms with E-state index in [1.165, 1.54) is 14.0 Å². The van der Waals surface area contributed by atoms with Gasteiger partial charge in [0, 0.05) is 37.3 Å². The van der Waals surface area contributed by atoms with E-state index in [2.05, 4.69) is 5.16 Å². The average molecular weight is 806 g/mol. The van der Waals surface area contributed by atoms with Gasteiger partial charge in [-0.25, -0.2) is 0 Å². The van der Waals surface area contributed by atoms with E-state index in [-0.39, 0.29) is 38.0 Å². The van der Waals surface area contributed by atoms with Crippen LogP contribution in [0.3, 0.4) is 0 Å². The molecule has 3 rings (SSSR count). The molecule has 328 valence electrons. The predicted molar refractivity (Wildman–Crippen MR) is 208 cm³/mol. The van der Waals surface area contributed by atoms with Crippen LogP contribution in [0.1, 0.15) is 101 Å². The number of aliphatic hydroxyl groups is 5. The lowest BCUT2D eigenvalue weighted by Gasteiger charge is -2.49. The Hall–Kier alpha value is -1.54. The van der Waals surface area contributed by atoms with Crippen LogP contribution in [0.4, 0.5) is 0 Å². The third-order valence-corrected chi connectivity index (χ3v) is 12.5. The van der Waals surface area contributed by atoms with Crippen molar-refractivity contribution in [2.75, 3.05) is 34.4 Å². The van der Waals surface area contributed by atoms with Gasteiger partial charge < -0.3 is 69.4 Å². The highest BCUT2D eigenvalue weighted by Crippen LogP contribution is 2.41. The maximum atomic E-state index is 14.3. The summed E-state index contributed by atoms with van der Waals surface area (Å²) in [4.78, 5) is 21.9. The highest BCUT2D eigenvalue weighted by Gasteiger charge is 2.53. The Morgan fingerprint density at radius 2 is 1.59 bits per heavy atom. The van der Waals surface area contributed by atoms with Gasteiger partial charge in [-0.15, -0.1) is 0 Å². The fraction of sp³-hybridized carbons (Fsp3) is 0.950. The Balaban J connectivity index is 2.24. The first-order valence-electron chi connectivity index (χ1n) is 20.4. The second-order valence-corrected chi connectivity index (χ2v) is 17.6. The first-order chi connectivity index (χ1) is 26.0. The molecule has 3 fully saturated rings.